The second kappa shape index (κ2) is 4.73. The number of aromatic nitrogens is 2. The fraction of sp³-hybridized carbons (Fsp3) is 0.200. The fourth-order valence-corrected chi connectivity index (χ4v) is 1.66. The van der Waals surface area contributed by atoms with Crippen molar-refractivity contribution in [1.82, 2.24) is 10.2 Å². The van der Waals surface area contributed by atoms with E-state index >= 15 is 0 Å². The minimum absolute atomic E-state index is 0.299. The van der Waals surface area contributed by atoms with Crippen molar-refractivity contribution in [2.75, 3.05) is 0 Å². The number of hydrogen-bond acceptors (Lipinski definition) is 3. The molecule has 84 valence electrons. The average Bonchev–Trinajstić information content (AvgIpc) is 2.71. The van der Waals surface area contributed by atoms with Gasteiger partial charge in [0, 0.05) is 10.0 Å². The number of alkyl halides is 1. The highest BCUT2D eigenvalue weighted by Gasteiger charge is 2.13. The zero-order valence-electron chi connectivity index (χ0n) is 8.25. The van der Waals surface area contributed by atoms with Crippen molar-refractivity contribution in [2.45, 2.75) is 12.3 Å². The molecule has 0 spiro atoms. The molecule has 0 bridgehead atoms. The molecule has 16 heavy (non-hydrogen) atoms. The van der Waals surface area contributed by atoms with E-state index in [2.05, 4.69) is 26.1 Å². The lowest BCUT2D eigenvalue weighted by Crippen LogP contribution is -1.81. The molecule has 0 saturated heterocycles. The van der Waals surface area contributed by atoms with Crippen LogP contribution in [0, 0.1) is 0 Å². The second-order valence-corrected chi connectivity index (χ2v) is 5.11. The molecule has 0 N–H and O–H groups in total. The molecule has 0 saturated carbocycles. The Hall–Kier alpha value is -0.580. The molecule has 0 aliphatic heterocycles. The highest BCUT2D eigenvalue weighted by atomic mass is 79.9. The summed E-state index contributed by atoms with van der Waals surface area (Å²) in [7, 11) is 0. The van der Waals surface area contributed by atoms with Crippen LogP contribution in [0.2, 0.25) is 5.02 Å². The van der Waals surface area contributed by atoms with E-state index in [1.165, 1.54) is 0 Å². The lowest BCUT2D eigenvalue weighted by molar-refractivity contribution is 0.507. The molecular formula is C10H7BrCl2N2O. The second-order valence-electron chi connectivity index (χ2n) is 3.19. The SMILES string of the molecule is CC(Cl)c1nnc(-c2ccc(Br)c(Cl)c2)o1. The number of hydrogen-bond donors (Lipinski definition) is 0. The quantitative estimate of drug-likeness (QED) is 0.767. The third kappa shape index (κ3) is 2.39. The molecule has 6 heteroatoms. The van der Waals surface area contributed by atoms with E-state index in [0.717, 1.165) is 10.0 Å². The van der Waals surface area contributed by atoms with Gasteiger partial charge in [0.05, 0.1) is 5.02 Å². The minimum Gasteiger partial charge on any atom is -0.419 e. The van der Waals surface area contributed by atoms with Gasteiger partial charge in [0.15, 0.2) is 0 Å². The van der Waals surface area contributed by atoms with Crippen LogP contribution in [0.15, 0.2) is 27.1 Å². The molecule has 0 aliphatic rings. The molecule has 3 nitrogen and oxygen atoms in total. The van der Waals surface area contributed by atoms with Crippen LogP contribution in [-0.4, -0.2) is 10.2 Å². The fourth-order valence-electron chi connectivity index (χ4n) is 1.14. The van der Waals surface area contributed by atoms with E-state index in [4.69, 9.17) is 27.6 Å². The molecule has 0 aliphatic carbocycles. The van der Waals surface area contributed by atoms with E-state index in [1.54, 1.807) is 13.0 Å². The highest BCUT2D eigenvalue weighted by Crippen LogP contribution is 2.29. The van der Waals surface area contributed by atoms with Gasteiger partial charge in [0.1, 0.15) is 5.38 Å². The Morgan fingerprint density at radius 3 is 2.69 bits per heavy atom. The van der Waals surface area contributed by atoms with Gasteiger partial charge < -0.3 is 4.42 Å². The summed E-state index contributed by atoms with van der Waals surface area (Å²) in [4.78, 5) is 0. The Bertz CT molecular complexity index is 513. The molecule has 0 radical (unpaired) electrons. The normalized spacial score (nSPS) is 12.8. The van der Waals surface area contributed by atoms with Crippen molar-refractivity contribution < 1.29 is 4.42 Å². The predicted octanol–water partition coefficient (Wildman–Crippen LogP) is 4.45. The van der Waals surface area contributed by atoms with Crippen molar-refractivity contribution in [3.63, 3.8) is 0 Å². The maximum atomic E-state index is 5.97. The smallest absolute Gasteiger partial charge is 0.247 e. The van der Waals surface area contributed by atoms with Gasteiger partial charge in [-0.05, 0) is 41.1 Å². The first-order valence-corrected chi connectivity index (χ1v) is 6.11. The topological polar surface area (TPSA) is 38.9 Å². The van der Waals surface area contributed by atoms with Crippen molar-refractivity contribution in [3.8, 4) is 11.5 Å². The molecule has 1 atom stereocenters. The Kier molecular flexibility index (Phi) is 3.52. The van der Waals surface area contributed by atoms with Crippen LogP contribution in [0.25, 0.3) is 11.5 Å². The van der Waals surface area contributed by atoms with Gasteiger partial charge in [-0.15, -0.1) is 21.8 Å². The van der Waals surface area contributed by atoms with Gasteiger partial charge in [0.2, 0.25) is 11.8 Å². The number of benzene rings is 1. The first-order valence-electron chi connectivity index (χ1n) is 4.51. The minimum atomic E-state index is -0.299. The summed E-state index contributed by atoms with van der Waals surface area (Å²) >= 11 is 15.1. The maximum absolute atomic E-state index is 5.97. The third-order valence-corrected chi connectivity index (χ3v) is 3.37. The molecule has 0 amide bonds. The zero-order valence-corrected chi connectivity index (χ0v) is 11.3. The van der Waals surface area contributed by atoms with Crippen LogP contribution in [-0.2, 0) is 0 Å². The van der Waals surface area contributed by atoms with E-state index in [9.17, 15) is 0 Å². The molecule has 1 aromatic carbocycles. The Morgan fingerprint density at radius 1 is 1.38 bits per heavy atom. The summed E-state index contributed by atoms with van der Waals surface area (Å²) in [6, 6.07) is 5.42. The Morgan fingerprint density at radius 2 is 2.12 bits per heavy atom. The monoisotopic (exact) mass is 320 g/mol. The number of rotatable bonds is 2. The van der Waals surface area contributed by atoms with Crippen LogP contribution < -0.4 is 0 Å². The molecule has 1 heterocycles. The summed E-state index contributed by atoms with van der Waals surface area (Å²) in [5.74, 6) is 0.813. The molecule has 1 aromatic heterocycles. The average molecular weight is 322 g/mol. The standard InChI is InChI=1S/C10H7BrCl2N2O/c1-5(12)9-14-15-10(16-9)6-2-3-7(11)8(13)4-6/h2-5H,1H3. The van der Waals surface area contributed by atoms with Crippen LogP contribution in [0.5, 0.6) is 0 Å². The summed E-state index contributed by atoms with van der Waals surface area (Å²) in [6.45, 7) is 1.77. The Labute approximate surface area is 111 Å². The molecule has 0 fully saturated rings. The molecular weight excluding hydrogens is 315 g/mol. The van der Waals surface area contributed by atoms with E-state index in [0.29, 0.717) is 16.8 Å². The van der Waals surface area contributed by atoms with Crippen molar-refractivity contribution in [2.24, 2.45) is 0 Å². The Balaban J connectivity index is 2.39. The largest absolute Gasteiger partial charge is 0.419 e. The van der Waals surface area contributed by atoms with Crippen LogP contribution in [0.1, 0.15) is 18.2 Å². The highest BCUT2D eigenvalue weighted by molar-refractivity contribution is 9.10. The van der Waals surface area contributed by atoms with Gasteiger partial charge in [-0.2, -0.15) is 0 Å². The summed E-state index contributed by atoms with van der Waals surface area (Å²) in [5, 5.41) is 8.04. The van der Waals surface area contributed by atoms with Crippen LogP contribution in [0.4, 0.5) is 0 Å². The first kappa shape index (κ1) is 11.9. The molecule has 1 unspecified atom stereocenters. The van der Waals surface area contributed by atoms with Gasteiger partial charge >= 0.3 is 0 Å². The molecule has 2 aromatic rings. The first-order chi connectivity index (χ1) is 7.58. The lowest BCUT2D eigenvalue weighted by Gasteiger charge is -1.98. The van der Waals surface area contributed by atoms with E-state index in [1.807, 2.05) is 12.1 Å². The third-order valence-electron chi connectivity index (χ3n) is 1.95. The van der Waals surface area contributed by atoms with Gasteiger partial charge in [-0.1, -0.05) is 11.6 Å². The van der Waals surface area contributed by atoms with Gasteiger partial charge in [0.25, 0.3) is 0 Å². The lowest BCUT2D eigenvalue weighted by atomic mass is 10.2. The predicted molar refractivity (Wildman–Crippen MR) is 66.7 cm³/mol. The maximum Gasteiger partial charge on any atom is 0.247 e. The van der Waals surface area contributed by atoms with Crippen LogP contribution >= 0.6 is 39.1 Å². The van der Waals surface area contributed by atoms with Crippen molar-refractivity contribution in [1.29, 1.82) is 0 Å². The van der Waals surface area contributed by atoms with Gasteiger partial charge in [-0.25, -0.2) is 0 Å². The van der Waals surface area contributed by atoms with Crippen molar-refractivity contribution >= 4 is 39.1 Å². The van der Waals surface area contributed by atoms with E-state index < -0.39 is 0 Å². The number of nitrogens with zero attached hydrogens (tertiary/aromatic N) is 2. The van der Waals surface area contributed by atoms with Crippen molar-refractivity contribution in [3.05, 3.63) is 33.6 Å². The zero-order chi connectivity index (χ0) is 11.7. The summed E-state index contributed by atoms with van der Waals surface area (Å²) in [6.07, 6.45) is 0. The summed E-state index contributed by atoms with van der Waals surface area (Å²) in [5.41, 5.74) is 0.768. The van der Waals surface area contributed by atoms with Gasteiger partial charge in [-0.3, -0.25) is 0 Å². The summed E-state index contributed by atoms with van der Waals surface area (Å²) < 4.78 is 6.22. The number of halogens is 3. The molecule has 2 rings (SSSR count). The van der Waals surface area contributed by atoms with E-state index in [-0.39, 0.29) is 5.38 Å². The van der Waals surface area contributed by atoms with Crippen LogP contribution in [0.3, 0.4) is 0 Å².